The maximum absolute atomic E-state index is 4.40. The molecular weight excluding hydrogens is 280 g/mol. The molecule has 0 saturated carbocycles. The Balaban J connectivity index is 1.78. The summed E-state index contributed by atoms with van der Waals surface area (Å²) in [6.45, 7) is 0. The molecule has 0 nitrogen and oxygen atoms in total. The minimum absolute atomic E-state index is 0.587. The molecule has 0 N–H and O–H groups in total. The van der Waals surface area contributed by atoms with E-state index in [9.17, 15) is 0 Å². The number of hydrogen-bond donors (Lipinski definition) is 1. The Kier molecular flexibility index (Phi) is 7.10. The average Bonchev–Trinajstić information content (AvgIpc) is 2.52. The largest absolute Gasteiger partial charge is 0.179 e. The second-order valence-electron chi connectivity index (χ2n) is 4.87. The molecule has 1 unspecified atom stereocenters. The molecule has 0 heterocycles. The summed E-state index contributed by atoms with van der Waals surface area (Å²) < 4.78 is 0. The first-order chi connectivity index (χ1) is 9.90. The van der Waals surface area contributed by atoms with Gasteiger partial charge in [0.15, 0.2) is 0 Å². The third-order valence-corrected chi connectivity index (χ3v) is 5.03. The second kappa shape index (κ2) is 9.15. The Labute approximate surface area is 132 Å². The summed E-state index contributed by atoms with van der Waals surface area (Å²) in [5.41, 5.74) is 2.88. The van der Waals surface area contributed by atoms with Crippen molar-refractivity contribution in [2.75, 3.05) is 11.5 Å². The average molecular weight is 303 g/mol. The molecule has 0 aromatic heterocycles. The van der Waals surface area contributed by atoms with Crippen molar-refractivity contribution < 1.29 is 0 Å². The Hall–Kier alpha value is -0.860. The number of hydrogen-bond acceptors (Lipinski definition) is 2. The molecule has 0 radical (unpaired) electrons. The van der Waals surface area contributed by atoms with Gasteiger partial charge in [0.25, 0.3) is 0 Å². The molecule has 0 amide bonds. The third-order valence-electron chi connectivity index (χ3n) is 3.33. The van der Waals surface area contributed by atoms with Gasteiger partial charge in [-0.05, 0) is 41.9 Å². The van der Waals surface area contributed by atoms with E-state index < -0.39 is 0 Å². The Bertz CT molecular complexity index is 467. The van der Waals surface area contributed by atoms with Crippen LogP contribution in [0.1, 0.15) is 29.2 Å². The van der Waals surface area contributed by atoms with E-state index in [1.54, 1.807) is 0 Å². The summed E-state index contributed by atoms with van der Waals surface area (Å²) in [7, 11) is 0. The van der Waals surface area contributed by atoms with Crippen molar-refractivity contribution in [2.45, 2.75) is 24.5 Å². The first kappa shape index (κ1) is 15.5. The lowest BCUT2D eigenvalue weighted by atomic mass is 10.1. The van der Waals surface area contributed by atoms with Crippen molar-refractivity contribution in [3.8, 4) is 0 Å². The molecule has 0 fully saturated rings. The molecular formula is C18H22S2. The molecule has 2 rings (SSSR count). The fourth-order valence-electron chi connectivity index (χ4n) is 2.28. The first-order valence-electron chi connectivity index (χ1n) is 7.21. The van der Waals surface area contributed by atoms with Gasteiger partial charge in [0.1, 0.15) is 0 Å². The highest BCUT2D eigenvalue weighted by atomic mass is 32.2. The van der Waals surface area contributed by atoms with Crippen LogP contribution in [-0.2, 0) is 6.42 Å². The maximum Gasteiger partial charge on any atom is 0.0305 e. The number of thioether (sulfide) groups is 1. The van der Waals surface area contributed by atoms with Gasteiger partial charge in [-0.25, -0.2) is 0 Å². The maximum atomic E-state index is 4.40. The van der Waals surface area contributed by atoms with E-state index in [1.807, 2.05) is 0 Å². The van der Waals surface area contributed by atoms with Crippen molar-refractivity contribution in [3.63, 3.8) is 0 Å². The van der Waals surface area contributed by atoms with Crippen LogP contribution in [0.25, 0.3) is 0 Å². The number of benzene rings is 2. The van der Waals surface area contributed by atoms with Crippen molar-refractivity contribution >= 4 is 24.4 Å². The van der Waals surface area contributed by atoms with Crippen molar-refractivity contribution in [3.05, 3.63) is 71.8 Å². The summed E-state index contributed by atoms with van der Waals surface area (Å²) in [5.74, 6) is 2.16. The molecule has 0 saturated heterocycles. The van der Waals surface area contributed by atoms with Gasteiger partial charge in [-0.2, -0.15) is 24.4 Å². The van der Waals surface area contributed by atoms with Gasteiger partial charge in [-0.15, -0.1) is 0 Å². The zero-order valence-corrected chi connectivity index (χ0v) is 13.5. The predicted octanol–water partition coefficient (Wildman–Crippen LogP) is 5.41. The predicted molar refractivity (Wildman–Crippen MR) is 94.9 cm³/mol. The van der Waals surface area contributed by atoms with Crippen LogP contribution in [0.5, 0.6) is 0 Å². The fraction of sp³-hybridized carbons (Fsp3) is 0.333. The highest BCUT2D eigenvalue weighted by Gasteiger charge is 2.10. The minimum Gasteiger partial charge on any atom is -0.179 e. The summed E-state index contributed by atoms with van der Waals surface area (Å²) in [4.78, 5) is 0. The van der Waals surface area contributed by atoms with Gasteiger partial charge in [-0.1, -0.05) is 60.7 Å². The topological polar surface area (TPSA) is 0 Å². The van der Waals surface area contributed by atoms with Crippen LogP contribution < -0.4 is 0 Å². The molecule has 0 aliphatic carbocycles. The van der Waals surface area contributed by atoms with Crippen LogP contribution >= 0.6 is 24.4 Å². The summed E-state index contributed by atoms with van der Waals surface area (Å²) in [6, 6.07) is 21.6. The second-order valence-corrected chi connectivity index (χ2v) is 6.63. The van der Waals surface area contributed by atoms with E-state index in [-0.39, 0.29) is 0 Å². The van der Waals surface area contributed by atoms with Gasteiger partial charge in [-0.3, -0.25) is 0 Å². The summed E-state index contributed by atoms with van der Waals surface area (Å²) in [5, 5.41) is 0.587. The zero-order chi connectivity index (χ0) is 14.0. The fourth-order valence-corrected chi connectivity index (χ4v) is 3.94. The van der Waals surface area contributed by atoms with Gasteiger partial charge in [0.2, 0.25) is 0 Å². The molecule has 20 heavy (non-hydrogen) atoms. The van der Waals surface area contributed by atoms with Crippen molar-refractivity contribution in [1.29, 1.82) is 0 Å². The van der Waals surface area contributed by atoms with Crippen LogP contribution in [0.15, 0.2) is 60.7 Å². The smallest absolute Gasteiger partial charge is 0.0305 e. The molecule has 1 atom stereocenters. The van der Waals surface area contributed by atoms with Crippen LogP contribution in [0.3, 0.4) is 0 Å². The first-order valence-corrected chi connectivity index (χ1v) is 8.89. The number of rotatable bonds is 8. The highest BCUT2D eigenvalue weighted by Crippen LogP contribution is 2.32. The normalized spacial score (nSPS) is 12.2. The molecule has 2 aromatic carbocycles. The lowest BCUT2D eigenvalue weighted by Gasteiger charge is -2.16. The van der Waals surface area contributed by atoms with Gasteiger partial charge in [0.05, 0.1) is 0 Å². The van der Waals surface area contributed by atoms with E-state index in [4.69, 9.17) is 0 Å². The number of thiol groups is 1. The molecule has 2 aromatic rings. The lowest BCUT2D eigenvalue weighted by Crippen LogP contribution is -1.97. The highest BCUT2D eigenvalue weighted by molar-refractivity contribution is 7.99. The lowest BCUT2D eigenvalue weighted by molar-refractivity contribution is 0.888. The van der Waals surface area contributed by atoms with Crippen molar-refractivity contribution in [2.24, 2.45) is 0 Å². The third kappa shape index (κ3) is 5.26. The van der Waals surface area contributed by atoms with E-state index >= 15 is 0 Å². The molecule has 0 spiro atoms. The Morgan fingerprint density at radius 2 is 1.55 bits per heavy atom. The monoisotopic (exact) mass is 302 g/mol. The molecule has 0 bridgehead atoms. The van der Waals surface area contributed by atoms with Crippen LogP contribution in [-0.4, -0.2) is 11.5 Å². The number of aryl methyl sites for hydroxylation is 1. The zero-order valence-electron chi connectivity index (χ0n) is 11.7. The van der Waals surface area contributed by atoms with E-state index in [1.165, 1.54) is 29.7 Å². The van der Waals surface area contributed by atoms with Crippen molar-refractivity contribution in [1.82, 2.24) is 0 Å². The van der Waals surface area contributed by atoms with Gasteiger partial charge >= 0.3 is 0 Å². The quantitative estimate of drug-likeness (QED) is 0.502. The standard InChI is InChI=1S/C18H22S2/c19-14-13-18(17-11-5-2-6-12-17)20-15-7-10-16-8-3-1-4-9-16/h1-6,8-9,11-12,18-19H,7,10,13-15H2. The summed E-state index contributed by atoms with van der Waals surface area (Å²) >= 11 is 6.47. The van der Waals surface area contributed by atoms with Gasteiger partial charge < -0.3 is 0 Å². The van der Waals surface area contributed by atoms with Gasteiger partial charge in [0, 0.05) is 5.25 Å². The molecule has 2 heteroatoms. The summed E-state index contributed by atoms with van der Waals surface area (Å²) in [6.07, 6.45) is 3.56. The van der Waals surface area contributed by atoms with Crippen LogP contribution in [0, 0.1) is 0 Å². The molecule has 106 valence electrons. The van der Waals surface area contributed by atoms with E-state index in [0.29, 0.717) is 5.25 Å². The molecule has 0 aliphatic heterocycles. The SMILES string of the molecule is SCCC(SCCCc1ccccc1)c1ccccc1. The van der Waals surface area contributed by atoms with E-state index in [2.05, 4.69) is 85.1 Å². The Morgan fingerprint density at radius 3 is 2.20 bits per heavy atom. The Morgan fingerprint density at radius 1 is 0.900 bits per heavy atom. The van der Waals surface area contributed by atoms with Crippen LogP contribution in [0.4, 0.5) is 0 Å². The minimum atomic E-state index is 0.587. The van der Waals surface area contributed by atoms with Crippen LogP contribution in [0.2, 0.25) is 0 Å². The molecule has 0 aliphatic rings. The van der Waals surface area contributed by atoms with E-state index in [0.717, 1.165) is 12.2 Å².